The molecule has 0 aliphatic carbocycles. The molecule has 3 aromatic rings. The topological polar surface area (TPSA) is 30.2 Å². The molecule has 0 saturated heterocycles. The first-order valence-corrected chi connectivity index (χ1v) is 6.41. The summed E-state index contributed by atoms with van der Waals surface area (Å²) in [5.74, 6) is -0.475. The van der Waals surface area contributed by atoms with Gasteiger partial charge in [-0.25, -0.2) is 4.39 Å². The Morgan fingerprint density at radius 3 is 2.70 bits per heavy atom. The molecule has 0 aliphatic rings. The first-order valence-electron chi connectivity index (χ1n) is 6.04. The number of hydrogen-bond donors (Lipinski definition) is 0. The molecule has 20 heavy (non-hydrogen) atoms. The predicted octanol–water partition coefficient (Wildman–Crippen LogP) is 4.56. The van der Waals surface area contributed by atoms with E-state index in [0.717, 1.165) is 5.56 Å². The molecule has 0 radical (unpaired) electrons. The van der Waals surface area contributed by atoms with Gasteiger partial charge in [0.05, 0.1) is 10.9 Å². The average molecular weight is 289 g/mol. The molecule has 0 spiro atoms. The predicted molar refractivity (Wildman–Crippen MR) is 77.6 cm³/mol. The van der Waals surface area contributed by atoms with Gasteiger partial charge in [0.15, 0.2) is 0 Å². The van der Waals surface area contributed by atoms with Crippen LogP contribution in [0.3, 0.4) is 0 Å². The molecule has 0 atom stereocenters. The number of rotatable bonds is 1. The van der Waals surface area contributed by atoms with Gasteiger partial charge in [0.1, 0.15) is 17.7 Å². The average Bonchev–Trinajstić information content (AvgIpc) is 2.43. The van der Waals surface area contributed by atoms with Gasteiger partial charge < -0.3 is 4.42 Å². The van der Waals surface area contributed by atoms with E-state index in [0.29, 0.717) is 21.7 Å². The molecule has 4 heteroatoms. The summed E-state index contributed by atoms with van der Waals surface area (Å²) in [6, 6.07) is 9.25. The molecule has 3 rings (SSSR count). The molecule has 100 valence electrons. The van der Waals surface area contributed by atoms with E-state index in [9.17, 15) is 9.18 Å². The van der Waals surface area contributed by atoms with Gasteiger partial charge >= 0.3 is 0 Å². The smallest absolute Gasteiger partial charge is 0.200 e. The zero-order chi connectivity index (χ0) is 14.3. The highest BCUT2D eigenvalue weighted by molar-refractivity contribution is 6.33. The van der Waals surface area contributed by atoms with Crippen LogP contribution in [0.2, 0.25) is 5.02 Å². The SMILES string of the molecule is Cc1ccc(Cl)c(-c2coc3ccc(F)cc3c2=O)c1. The third kappa shape index (κ3) is 2.10. The Balaban J connectivity index is 2.35. The fourth-order valence-corrected chi connectivity index (χ4v) is 2.35. The summed E-state index contributed by atoms with van der Waals surface area (Å²) in [6.45, 7) is 1.90. The van der Waals surface area contributed by atoms with Crippen LogP contribution >= 0.6 is 11.6 Å². The van der Waals surface area contributed by atoms with Crippen LogP contribution in [0.15, 0.2) is 51.9 Å². The Morgan fingerprint density at radius 2 is 1.90 bits per heavy atom. The molecule has 0 bridgehead atoms. The fraction of sp³-hybridized carbons (Fsp3) is 0.0625. The Bertz CT molecular complexity index is 868. The van der Waals surface area contributed by atoms with Crippen molar-refractivity contribution in [3.05, 3.63) is 69.3 Å². The quantitative estimate of drug-likeness (QED) is 0.657. The van der Waals surface area contributed by atoms with Crippen LogP contribution in [-0.2, 0) is 0 Å². The van der Waals surface area contributed by atoms with E-state index in [2.05, 4.69) is 0 Å². The van der Waals surface area contributed by atoms with Gasteiger partial charge in [-0.2, -0.15) is 0 Å². The van der Waals surface area contributed by atoms with Crippen molar-refractivity contribution in [2.45, 2.75) is 6.92 Å². The standard InChI is InChI=1S/C16H10ClFO2/c1-9-2-4-14(17)11(6-9)13-8-20-15-5-3-10(18)7-12(15)16(13)19/h2-8H,1H3. The summed E-state index contributed by atoms with van der Waals surface area (Å²) in [4.78, 5) is 12.5. The van der Waals surface area contributed by atoms with E-state index in [1.807, 2.05) is 13.0 Å². The number of hydrogen-bond acceptors (Lipinski definition) is 2. The zero-order valence-corrected chi connectivity index (χ0v) is 11.4. The third-order valence-electron chi connectivity index (χ3n) is 3.15. The van der Waals surface area contributed by atoms with Crippen molar-refractivity contribution in [1.29, 1.82) is 0 Å². The second-order valence-electron chi connectivity index (χ2n) is 4.60. The minimum absolute atomic E-state index is 0.208. The highest BCUT2D eigenvalue weighted by Crippen LogP contribution is 2.28. The Kier molecular flexibility index (Phi) is 3.07. The lowest BCUT2D eigenvalue weighted by Gasteiger charge is -2.06. The molecule has 0 aliphatic heterocycles. The van der Waals surface area contributed by atoms with Crippen LogP contribution in [0.25, 0.3) is 22.1 Å². The highest BCUT2D eigenvalue weighted by Gasteiger charge is 2.12. The number of halogens is 2. The normalized spacial score (nSPS) is 10.9. The van der Waals surface area contributed by atoms with Gasteiger partial charge in [-0.3, -0.25) is 4.79 Å². The zero-order valence-electron chi connectivity index (χ0n) is 10.6. The third-order valence-corrected chi connectivity index (χ3v) is 3.48. The monoisotopic (exact) mass is 288 g/mol. The lowest BCUT2D eigenvalue weighted by molar-refractivity contribution is 0.598. The molecule has 0 unspecified atom stereocenters. The van der Waals surface area contributed by atoms with E-state index >= 15 is 0 Å². The van der Waals surface area contributed by atoms with Gasteiger partial charge in [0.2, 0.25) is 5.43 Å². The van der Waals surface area contributed by atoms with Gasteiger partial charge in [0.25, 0.3) is 0 Å². The van der Waals surface area contributed by atoms with Crippen molar-refractivity contribution in [3.8, 4) is 11.1 Å². The first kappa shape index (κ1) is 12.9. The van der Waals surface area contributed by atoms with E-state index < -0.39 is 5.82 Å². The Morgan fingerprint density at radius 1 is 1.10 bits per heavy atom. The van der Waals surface area contributed by atoms with Crippen LogP contribution in [0.1, 0.15) is 5.56 Å². The minimum atomic E-state index is -0.475. The summed E-state index contributed by atoms with van der Waals surface area (Å²) in [5, 5.41) is 0.665. The van der Waals surface area contributed by atoms with Crippen molar-refractivity contribution in [2.24, 2.45) is 0 Å². The molecule has 1 heterocycles. The number of aryl methyl sites for hydroxylation is 1. The minimum Gasteiger partial charge on any atom is -0.463 e. The van der Waals surface area contributed by atoms with Crippen molar-refractivity contribution in [1.82, 2.24) is 0 Å². The maximum atomic E-state index is 13.3. The van der Waals surface area contributed by atoms with Gasteiger partial charge in [-0.1, -0.05) is 23.2 Å². The first-order chi connectivity index (χ1) is 9.56. The fourth-order valence-electron chi connectivity index (χ4n) is 2.13. The molecule has 2 aromatic carbocycles. The summed E-state index contributed by atoms with van der Waals surface area (Å²) in [6.07, 6.45) is 1.36. The van der Waals surface area contributed by atoms with Crippen LogP contribution in [0.5, 0.6) is 0 Å². The van der Waals surface area contributed by atoms with Crippen LogP contribution in [0, 0.1) is 12.7 Å². The van der Waals surface area contributed by atoms with Gasteiger partial charge in [0, 0.05) is 10.6 Å². The summed E-state index contributed by atoms with van der Waals surface area (Å²) >= 11 is 6.13. The van der Waals surface area contributed by atoms with Crippen molar-refractivity contribution in [3.63, 3.8) is 0 Å². The highest BCUT2D eigenvalue weighted by atomic mass is 35.5. The van der Waals surface area contributed by atoms with Crippen LogP contribution in [0.4, 0.5) is 4.39 Å². The van der Waals surface area contributed by atoms with Crippen molar-refractivity contribution >= 4 is 22.6 Å². The van der Waals surface area contributed by atoms with E-state index in [1.54, 1.807) is 12.1 Å². The second kappa shape index (κ2) is 4.76. The maximum Gasteiger partial charge on any atom is 0.200 e. The lowest BCUT2D eigenvalue weighted by atomic mass is 10.0. The molecule has 0 N–H and O–H groups in total. The maximum absolute atomic E-state index is 13.3. The Hall–Kier alpha value is -2.13. The van der Waals surface area contributed by atoms with Crippen LogP contribution in [-0.4, -0.2) is 0 Å². The molecular formula is C16H10ClFO2. The second-order valence-corrected chi connectivity index (χ2v) is 5.01. The number of benzene rings is 2. The van der Waals surface area contributed by atoms with Crippen molar-refractivity contribution in [2.75, 3.05) is 0 Å². The van der Waals surface area contributed by atoms with E-state index in [4.69, 9.17) is 16.0 Å². The van der Waals surface area contributed by atoms with Crippen molar-refractivity contribution < 1.29 is 8.81 Å². The lowest BCUT2D eigenvalue weighted by Crippen LogP contribution is -2.05. The largest absolute Gasteiger partial charge is 0.463 e. The Labute approximate surface area is 119 Å². The van der Waals surface area contributed by atoms with Crippen LogP contribution < -0.4 is 5.43 Å². The molecule has 1 aromatic heterocycles. The summed E-state index contributed by atoms with van der Waals surface area (Å²) < 4.78 is 18.7. The summed E-state index contributed by atoms with van der Waals surface area (Å²) in [7, 11) is 0. The molecule has 0 fully saturated rings. The molecule has 0 amide bonds. The summed E-state index contributed by atoms with van der Waals surface area (Å²) in [5.41, 5.74) is 1.95. The molecular weight excluding hydrogens is 279 g/mol. The number of fused-ring (bicyclic) bond motifs is 1. The molecule has 2 nitrogen and oxygen atoms in total. The van der Waals surface area contributed by atoms with E-state index in [-0.39, 0.29) is 10.8 Å². The molecule has 0 saturated carbocycles. The van der Waals surface area contributed by atoms with E-state index in [1.165, 1.54) is 24.5 Å². The van der Waals surface area contributed by atoms with Gasteiger partial charge in [-0.05, 0) is 37.3 Å². The van der Waals surface area contributed by atoms with Gasteiger partial charge in [-0.15, -0.1) is 0 Å².